The maximum absolute atomic E-state index is 13.1. The highest BCUT2D eigenvalue weighted by Crippen LogP contribution is 2.24. The van der Waals surface area contributed by atoms with E-state index in [0.29, 0.717) is 24.8 Å². The van der Waals surface area contributed by atoms with Crippen molar-refractivity contribution >= 4 is 28.8 Å². The van der Waals surface area contributed by atoms with Crippen molar-refractivity contribution in [3.63, 3.8) is 0 Å². The number of halogens is 1. The summed E-state index contributed by atoms with van der Waals surface area (Å²) >= 11 is 7.53. The van der Waals surface area contributed by atoms with Crippen molar-refractivity contribution in [2.24, 2.45) is 5.92 Å². The second-order valence-corrected chi connectivity index (χ2v) is 8.90. The Balaban J connectivity index is 1.30. The molecule has 30 heavy (non-hydrogen) atoms. The van der Waals surface area contributed by atoms with E-state index in [2.05, 4.69) is 27.2 Å². The van der Waals surface area contributed by atoms with Gasteiger partial charge in [-0.05, 0) is 62.0 Å². The molecule has 158 valence electrons. The molecule has 0 bridgehead atoms. The van der Waals surface area contributed by atoms with Crippen LogP contribution in [0.1, 0.15) is 31.2 Å². The summed E-state index contributed by atoms with van der Waals surface area (Å²) < 4.78 is 5.38. The van der Waals surface area contributed by atoms with Crippen LogP contribution in [0.2, 0.25) is 5.02 Å². The van der Waals surface area contributed by atoms with E-state index in [0.717, 1.165) is 42.4 Å². The van der Waals surface area contributed by atoms with Crippen molar-refractivity contribution < 1.29 is 9.32 Å². The molecule has 0 N–H and O–H groups in total. The van der Waals surface area contributed by atoms with Gasteiger partial charge in [0.25, 0.3) is 0 Å². The molecule has 1 aliphatic heterocycles. The largest absolute Gasteiger partial charge is 0.337 e. The Bertz CT molecular complexity index is 950. The number of rotatable bonds is 7. The minimum Gasteiger partial charge on any atom is -0.337 e. The molecule has 3 aromatic rings. The zero-order valence-corrected chi connectivity index (χ0v) is 18.5. The molecule has 0 spiro atoms. The number of piperidine rings is 1. The normalized spacial score (nSPS) is 15.4. The van der Waals surface area contributed by atoms with Crippen molar-refractivity contribution in [3.05, 3.63) is 58.3 Å². The van der Waals surface area contributed by atoms with E-state index in [9.17, 15) is 4.79 Å². The van der Waals surface area contributed by atoms with Crippen molar-refractivity contribution in [1.82, 2.24) is 19.9 Å². The average molecular weight is 445 g/mol. The molecule has 1 amide bonds. The van der Waals surface area contributed by atoms with Gasteiger partial charge in [0.05, 0.1) is 11.4 Å². The summed E-state index contributed by atoms with van der Waals surface area (Å²) in [7, 11) is 0. The lowest BCUT2D eigenvalue weighted by Crippen LogP contribution is -2.42. The molecule has 6 nitrogen and oxygen atoms in total. The Labute approximate surface area is 185 Å². The third-order valence-electron chi connectivity index (χ3n) is 5.49. The van der Waals surface area contributed by atoms with E-state index >= 15 is 0 Å². The van der Waals surface area contributed by atoms with Crippen LogP contribution in [0.4, 0.5) is 0 Å². The zero-order chi connectivity index (χ0) is 20.9. The SMILES string of the molecule is CCN(Cc1nc(-c2cccs2)no1)C(=O)C1CCN(Cc2ccc(Cl)cc2)CC1. The maximum Gasteiger partial charge on any atom is 0.246 e. The summed E-state index contributed by atoms with van der Waals surface area (Å²) in [6, 6.07) is 11.9. The third-order valence-corrected chi connectivity index (χ3v) is 6.60. The highest BCUT2D eigenvalue weighted by molar-refractivity contribution is 7.13. The molecule has 1 aliphatic rings. The average Bonchev–Trinajstić information content (AvgIpc) is 3.46. The summed E-state index contributed by atoms with van der Waals surface area (Å²) in [6.07, 6.45) is 1.74. The van der Waals surface area contributed by atoms with Gasteiger partial charge in [0.15, 0.2) is 0 Å². The topological polar surface area (TPSA) is 62.5 Å². The van der Waals surface area contributed by atoms with Crippen LogP contribution in [-0.2, 0) is 17.9 Å². The first-order valence-corrected chi connectivity index (χ1v) is 11.5. The van der Waals surface area contributed by atoms with Gasteiger partial charge in [0, 0.05) is 24.0 Å². The molecular weight excluding hydrogens is 420 g/mol. The highest BCUT2D eigenvalue weighted by atomic mass is 35.5. The second kappa shape index (κ2) is 9.73. The summed E-state index contributed by atoms with van der Waals surface area (Å²) in [6.45, 7) is 5.70. The predicted molar refractivity (Wildman–Crippen MR) is 118 cm³/mol. The molecule has 0 saturated carbocycles. The quantitative estimate of drug-likeness (QED) is 0.528. The molecule has 3 heterocycles. The van der Waals surface area contributed by atoms with E-state index in [1.54, 1.807) is 11.3 Å². The van der Waals surface area contributed by atoms with Gasteiger partial charge in [-0.1, -0.05) is 35.0 Å². The van der Waals surface area contributed by atoms with Gasteiger partial charge in [0.1, 0.15) is 0 Å². The van der Waals surface area contributed by atoms with E-state index in [-0.39, 0.29) is 11.8 Å². The Morgan fingerprint density at radius 1 is 1.27 bits per heavy atom. The maximum atomic E-state index is 13.1. The fraction of sp³-hybridized carbons (Fsp3) is 0.409. The number of hydrogen-bond donors (Lipinski definition) is 0. The monoisotopic (exact) mass is 444 g/mol. The fourth-order valence-electron chi connectivity index (χ4n) is 3.78. The van der Waals surface area contributed by atoms with E-state index in [1.807, 2.05) is 41.5 Å². The molecule has 0 aliphatic carbocycles. The zero-order valence-electron chi connectivity index (χ0n) is 17.0. The number of hydrogen-bond acceptors (Lipinski definition) is 6. The van der Waals surface area contributed by atoms with Crippen LogP contribution in [0.3, 0.4) is 0 Å². The first-order valence-electron chi connectivity index (χ1n) is 10.2. The molecule has 0 unspecified atom stereocenters. The Morgan fingerprint density at radius 2 is 2.03 bits per heavy atom. The number of thiophene rings is 1. The van der Waals surface area contributed by atoms with Crippen LogP contribution in [0.5, 0.6) is 0 Å². The number of amides is 1. The molecular formula is C22H25ClN4O2S. The number of carbonyl (C=O) groups is 1. The van der Waals surface area contributed by atoms with Gasteiger partial charge in [-0.25, -0.2) is 0 Å². The van der Waals surface area contributed by atoms with Crippen LogP contribution >= 0.6 is 22.9 Å². The smallest absolute Gasteiger partial charge is 0.246 e. The van der Waals surface area contributed by atoms with E-state index in [4.69, 9.17) is 16.1 Å². The molecule has 2 aromatic heterocycles. The number of likely N-dealkylation sites (tertiary alicyclic amines) is 1. The van der Waals surface area contributed by atoms with Crippen molar-refractivity contribution in [2.75, 3.05) is 19.6 Å². The van der Waals surface area contributed by atoms with Gasteiger partial charge in [-0.2, -0.15) is 4.98 Å². The Kier molecular flexibility index (Phi) is 6.82. The minimum atomic E-state index is 0.0473. The third kappa shape index (κ3) is 5.09. The summed E-state index contributed by atoms with van der Waals surface area (Å²) in [5.74, 6) is 1.29. The van der Waals surface area contributed by atoms with Crippen molar-refractivity contribution in [1.29, 1.82) is 0 Å². The van der Waals surface area contributed by atoms with Crippen LogP contribution in [-0.4, -0.2) is 45.5 Å². The second-order valence-electron chi connectivity index (χ2n) is 7.52. The predicted octanol–water partition coefficient (Wildman–Crippen LogP) is 4.71. The lowest BCUT2D eigenvalue weighted by Gasteiger charge is -2.33. The molecule has 1 fully saturated rings. The van der Waals surface area contributed by atoms with Gasteiger partial charge >= 0.3 is 0 Å². The lowest BCUT2D eigenvalue weighted by molar-refractivity contribution is -0.137. The summed E-state index contributed by atoms with van der Waals surface area (Å²) in [5.41, 5.74) is 1.25. The molecule has 4 rings (SSSR count). The fourth-order valence-corrected chi connectivity index (χ4v) is 4.55. The molecule has 1 aromatic carbocycles. The van der Waals surface area contributed by atoms with Crippen LogP contribution < -0.4 is 0 Å². The lowest BCUT2D eigenvalue weighted by atomic mass is 9.95. The van der Waals surface area contributed by atoms with E-state index in [1.165, 1.54) is 5.56 Å². The minimum absolute atomic E-state index is 0.0473. The van der Waals surface area contributed by atoms with Gasteiger partial charge in [-0.15, -0.1) is 11.3 Å². The Morgan fingerprint density at radius 3 is 2.70 bits per heavy atom. The number of nitrogens with zero attached hydrogens (tertiary/aromatic N) is 4. The molecule has 1 saturated heterocycles. The first kappa shape index (κ1) is 21.0. The van der Waals surface area contributed by atoms with Crippen LogP contribution in [0, 0.1) is 5.92 Å². The molecule has 8 heteroatoms. The Hall–Kier alpha value is -2.22. The number of aromatic nitrogens is 2. The van der Waals surface area contributed by atoms with Crippen molar-refractivity contribution in [3.8, 4) is 10.7 Å². The summed E-state index contributed by atoms with van der Waals surface area (Å²) in [5, 5.41) is 6.78. The van der Waals surface area contributed by atoms with E-state index < -0.39 is 0 Å². The van der Waals surface area contributed by atoms with Gasteiger partial charge in [-0.3, -0.25) is 9.69 Å². The highest BCUT2D eigenvalue weighted by Gasteiger charge is 2.29. The summed E-state index contributed by atoms with van der Waals surface area (Å²) in [4.78, 5) is 22.7. The van der Waals surface area contributed by atoms with Crippen molar-refractivity contribution in [2.45, 2.75) is 32.9 Å². The first-order chi connectivity index (χ1) is 14.6. The van der Waals surface area contributed by atoms with Gasteiger partial charge in [0.2, 0.25) is 17.6 Å². The number of carbonyl (C=O) groups excluding carboxylic acids is 1. The van der Waals surface area contributed by atoms with Crippen LogP contribution in [0.15, 0.2) is 46.3 Å². The van der Waals surface area contributed by atoms with Crippen LogP contribution in [0.25, 0.3) is 10.7 Å². The number of benzene rings is 1. The molecule has 0 atom stereocenters. The molecule has 0 radical (unpaired) electrons. The standard InChI is InChI=1S/C22H25ClN4O2S/c1-2-27(15-20-24-21(25-29-20)19-4-3-13-30-19)22(28)17-9-11-26(12-10-17)14-16-5-7-18(23)8-6-16/h3-8,13,17H,2,9-12,14-15H2,1H3. The van der Waals surface area contributed by atoms with Gasteiger partial charge < -0.3 is 9.42 Å².